The molecule has 0 bridgehead atoms. The van der Waals surface area contributed by atoms with Gasteiger partial charge in [-0.15, -0.1) is 0 Å². The van der Waals surface area contributed by atoms with Crippen LogP contribution < -0.4 is 19.5 Å². The minimum absolute atomic E-state index is 0.0609. The number of benzene rings is 2. The average Bonchev–Trinajstić information content (AvgIpc) is 2.76. The maximum Gasteiger partial charge on any atom is 0.261 e. The van der Waals surface area contributed by atoms with Crippen LogP contribution >= 0.6 is 0 Å². The predicted octanol–water partition coefficient (Wildman–Crippen LogP) is 2.78. The minimum Gasteiger partial charge on any atom is -0.496 e. The van der Waals surface area contributed by atoms with Gasteiger partial charge in [-0.25, -0.2) is 4.39 Å². The van der Waals surface area contributed by atoms with Crippen molar-refractivity contribution in [2.45, 2.75) is 26.4 Å². The van der Waals surface area contributed by atoms with Gasteiger partial charge in [0.1, 0.15) is 29.1 Å². The standard InChI is InChI=1S/C22H27FN2O5/c1-5-24-22(27)15(2)25(13-16-8-6-7-9-20(16)23)21(26)14-30-19-11-17(28-3)10-18(12-19)29-4/h6-12,15H,5,13-14H2,1-4H3,(H,24,27). The zero-order valence-corrected chi connectivity index (χ0v) is 17.6. The van der Waals surface area contributed by atoms with Crippen LogP contribution in [0, 0.1) is 5.82 Å². The molecule has 0 saturated carbocycles. The Bertz CT molecular complexity index is 852. The fourth-order valence-electron chi connectivity index (χ4n) is 2.81. The highest BCUT2D eigenvalue weighted by atomic mass is 19.1. The van der Waals surface area contributed by atoms with E-state index in [0.29, 0.717) is 29.4 Å². The van der Waals surface area contributed by atoms with Gasteiger partial charge in [-0.05, 0) is 19.9 Å². The number of carbonyl (C=O) groups excluding carboxylic acids is 2. The zero-order valence-electron chi connectivity index (χ0n) is 17.6. The average molecular weight is 418 g/mol. The maximum atomic E-state index is 14.1. The monoisotopic (exact) mass is 418 g/mol. The highest BCUT2D eigenvalue weighted by Gasteiger charge is 2.27. The lowest BCUT2D eigenvalue weighted by Gasteiger charge is -2.28. The Morgan fingerprint density at radius 1 is 1.07 bits per heavy atom. The number of methoxy groups -OCH3 is 2. The van der Waals surface area contributed by atoms with E-state index in [-0.39, 0.29) is 19.1 Å². The molecule has 2 aromatic rings. The van der Waals surface area contributed by atoms with Crippen LogP contribution in [0.2, 0.25) is 0 Å². The van der Waals surface area contributed by atoms with Crippen LogP contribution in [0.15, 0.2) is 42.5 Å². The molecule has 1 atom stereocenters. The number of halogens is 1. The summed E-state index contributed by atoms with van der Waals surface area (Å²) in [6.07, 6.45) is 0. The Kier molecular flexibility index (Phi) is 8.46. The van der Waals surface area contributed by atoms with E-state index in [1.165, 1.54) is 25.2 Å². The molecule has 0 heterocycles. The second-order valence-corrected chi connectivity index (χ2v) is 6.52. The Hall–Kier alpha value is -3.29. The number of carbonyl (C=O) groups is 2. The molecule has 2 rings (SSSR count). The van der Waals surface area contributed by atoms with Gasteiger partial charge in [0.2, 0.25) is 5.91 Å². The van der Waals surface area contributed by atoms with E-state index >= 15 is 0 Å². The fourth-order valence-corrected chi connectivity index (χ4v) is 2.81. The van der Waals surface area contributed by atoms with Crippen molar-refractivity contribution in [1.82, 2.24) is 10.2 Å². The van der Waals surface area contributed by atoms with Crippen LogP contribution in [0.4, 0.5) is 4.39 Å². The lowest BCUT2D eigenvalue weighted by atomic mass is 10.1. The summed E-state index contributed by atoms with van der Waals surface area (Å²) in [4.78, 5) is 26.6. The third-order valence-corrected chi connectivity index (χ3v) is 4.50. The smallest absolute Gasteiger partial charge is 0.261 e. The molecule has 162 valence electrons. The molecule has 0 radical (unpaired) electrons. The van der Waals surface area contributed by atoms with Gasteiger partial charge in [-0.3, -0.25) is 9.59 Å². The SMILES string of the molecule is CCNC(=O)C(C)N(Cc1ccccc1F)C(=O)COc1cc(OC)cc(OC)c1. The third-order valence-electron chi connectivity index (χ3n) is 4.50. The van der Waals surface area contributed by atoms with Crippen LogP contribution in [-0.4, -0.2) is 50.1 Å². The van der Waals surface area contributed by atoms with Gasteiger partial charge in [-0.1, -0.05) is 18.2 Å². The van der Waals surface area contributed by atoms with Crippen LogP contribution in [0.25, 0.3) is 0 Å². The second kappa shape index (κ2) is 11.0. The number of nitrogens with one attached hydrogen (secondary N) is 1. The van der Waals surface area contributed by atoms with Crippen molar-refractivity contribution in [3.05, 3.63) is 53.8 Å². The molecule has 0 aliphatic rings. The number of ether oxygens (including phenoxy) is 3. The highest BCUT2D eigenvalue weighted by molar-refractivity contribution is 5.87. The Morgan fingerprint density at radius 3 is 2.23 bits per heavy atom. The Labute approximate surface area is 175 Å². The van der Waals surface area contributed by atoms with Gasteiger partial charge >= 0.3 is 0 Å². The molecule has 0 saturated heterocycles. The first kappa shape index (κ1) is 23.0. The molecule has 1 unspecified atom stereocenters. The predicted molar refractivity (Wildman–Crippen MR) is 110 cm³/mol. The summed E-state index contributed by atoms with van der Waals surface area (Å²) in [6.45, 7) is 3.40. The van der Waals surface area contributed by atoms with Gasteiger partial charge in [0.25, 0.3) is 5.91 Å². The Morgan fingerprint density at radius 2 is 1.67 bits per heavy atom. The summed E-state index contributed by atoms with van der Waals surface area (Å²) in [5.41, 5.74) is 0.310. The van der Waals surface area contributed by atoms with Gasteiger partial charge in [0.15, 0.2) is 6.61 Å². The van der Waals surface area contributed by atoms with Gasteiger partial charge in [-0.2, -0.15) is 0 Å². The van der Waals surface area contributed by atoms with E-state index in [2.05, 4.69) is 5.32 Å². The van der Waals surface area contributed by atoms with E-state index in [0.717, 1.165) is 0 Å². The van der Waals surface area contributed by atoms with Crippen molar-refractivity contribution in [2.75, 3.05) is 27.4 Å². The number of rotatable bonds is 10. The van der Waals surface area contributed by atoms with Crippen molar-refractivity contribution in [3.63, 3.8) is 0 Å². The molecule has 1 N–H and O–H groups in total. The lowest BCUT2D eigenvalue weighted by Crippen LogP contribution is -2.49. The number of amides is 2. The van der Waals surface area contributed by atoms with E-state index in [1.54, 1.807) is 50.2 Å². The van der Waals surface area contributed by atoms with E-state index in [4.69, 9.17) is 14.2 Å². The quantitative estimate of drug-likeness (QED) is 0.642. The van der Waals surface area contributed by atoms with Crippen LogP contribution in [-0.2, 0) is 16.1 Å². The van der Waals surface area contributed by atoms with Gasteiger partial charge in [0, 0.05) is 36.9 Å². The molecule has 0 aliphatic carbocycles. The molecule has 2 aromatic carbocycles. The summed E-state index contributed by atoms with van der Waals surface area (Å²) in [7, 11) is 3.02. The molecular formula is C22H27FN2O5. The Balaban J connectivity index is 2.19. The molecule has 30 heavy (non-hydrogen) atoms. The number of hydrogen-bond acceptors (Lipinski definition) is 5. The summed E-state index contributed by atoms with van der Waals surface area (Å²) in [6, 6.07) is 10.2. The summed E-state index contributed by atoms with van der Waals surface area (Å²) < 4.78 is 30.1. The number of likely N-dealkylation sites (N-methyl/N-ethyl adjacent to an activating group) is 1. The normalized spacial score (nSPS) is 11.4. The van der Waals surface area contributed by atoms with Crippen LogP contribution in [0.5, 0.6) is 17.2 Å². The number of nitrogens with zero attached hydrogens (tertiary/aromatic N) is 1. The minimum atomic E-state index is -0.805. The maximum absolute atomic E-state index is 14.1. The first-order valence-corrected chi connectivity index (χ1v) is 9.56. The lowest BCUT2D eigenvalue weighted by molar-refractivity contribution is -0.142. The van der Waals surface area contributed by atoms with Crippen LogP contribution in [0.3, 0.4) is 0 Å². The first-order chi connectivity index (χ1) is 14.4. The van der Waals surface area contributed by atoms with E-state index < -0.39 is 17.8 Å². The molecule has 7 nitrogen and oxygen atoms in total. The molecule has 2 amide bonds. The molecule has 0 aliphatic heterocycles. The third kappa shape index (κ3) is 6.10. The summed E-state index contributed by atoms with van der Waals surface area (Å²) in [5, 5.41) is 2.68. The second-order valence-electron chi connectivity index (χ2n) is 6.52. The molecule has 0 fully saturated rings. The van der Waals surface area contributed by atoms with Gasteiger partial charge in [0.05, 0.1) is 14.2 Å². The van der Waals surface area contributed by atoms with E-state index in [9.17, 15) is 14.0 Å². The first-order valence-electron chi connectivity index (χ1n) is 9.56. The summed E-state index contributed by atoms with van der Waals surface area (Å²) in [5.74, 6) is 0.156. The fraction of sp³-hybridized carbons (Fsp3) is 0.364. The summed E-state index contributed by atoms with van der Waals surface area (Å²) >= 11 is 0. The van der Waals surface area contributed by atoms with E-state index in [1.807, 2.05) is 0 Å². The van der Waals surface area contributed by atoms with Crippen molar-refractivity contribution in [3.8, 4) is 17.2 Å². The van der Waals surface area contributed by atoms with Crippen molar-refractivity contribution in [2.24, 2.45) is 0 Å². The van der Waals surface area contributed by atoms with Crippen molar-refractivity contribution >= 4 is 11.8 Å². The molecule has 0 aromatic heterocycles. The molecule has 8 heteroatoms. The largest absolute Gasteiger partial charge is 0.496 e. The topological polar surface area (TPSA) is 77.1 Å². The zero-order chi connectivity index (χ0) is 22.1. The number of hydrogen-bond donors (Lipinski definition) is 1. The van der Waals surface area contributed by atoms with Crippen molar-refractivity contribution in [1.29, 1.82) is 0 Å². The van der Waals surface area contributed by atoms with Gasteiger partial charge < -0.3 is 24.4 Å². The highest BCUT2D eigenvalue weighted by Crippen LogP contribution is 2.27. The molecular weight excluding hydrogens is 391 g/mol. The van der Waals surface area contributed by atoms with Crippen LogP contribution in [0.1, 0.15) is 19.4 Å². The van der Waals surface area contributed by atoms with Crippen molar-refractivity contribution < 1.29 is 28.2 Å². The molecule has 0 spiro atoms.